The number of sulfonamides is 1. The van der Waals surface area contributed by atoms with Gasteiger partial charge in [0.05, 0.1) is 17.5 Å². The molecule has 0 aromatic heterocycles. The zero-order valence-electron chi connectivity index (χ0n) is 16.0. The lowest BCUT2D eigenvalue weighted by Gasteiger charge is -2.26. The van der Waals surface area contributed by atoms with Crippen molar-refractivity contribution >= 4 is 21.8 Å². The lowest BCUT2D eigenvalue weighted by atomic mass is 9.87. The number of rotatable bonds is 7. The zero-order valence-corrected chi connectivity index (χ0v) is 16.8. The van der Waals surface area contributed by atoms with Crippen LogP contribution in [0.5, 0.6) is 0 Å². The van der Waals surface area contributed by atoms with Gasteiger partial charge < -0.3 is 10.2 Å². The molecule has 0 spiro atoms. The van der Waals surface area contributed by atoms with Crippen molar-refractivity contribution in [3.8, 4) is 0 Å². The smallest absolute Gasteiger partial charge is 0.242 e. The maximum Gasteiger partial charge on any atom is 0.242 e. The Morgan fingerprint density at radius 3 is 2.33 bits per heavy atom. The lowest BCUT2D eigenvalue weighted by Crippen LogP contribution is -2.39. The number of carbonyl (C=O) groups is 2. The lowest BCUT2D eigenvalue weighted by molar-refractivity contribution is -0.133. The highest BCUT2D eigenvalue weighted by atomic mass is 32.2. The van der Waals surface area contributed by atoms with E-state index in [0.29, 0.717) is 12.3 Å². The average molecular weight is 396 g/mol. The van der Waals surface area contributed by atoms with Crippen molar-refractivity contribution in [1.82, 2.24) is 10.2 Å². The predicted molar refractivity (Wildman–Crippen MR) is 103 cm³/mol. The van der Waals surface area contributed by atoms with Crippen LogP contribution >= 0.6 is 0 Å². The Bertz CT molecular complexity index is 756. The molecule has 1 saturated carbocycles. The fraction of sp³-hybridized carbons (Fsp3) is 0.579. The highest BCUT2D eigenvalue weighted by Crippen LogP contribution is 2.26. The molecule has 1 unspecified atom stereocenters. The molecular formula is C19H29N3O4S. The quantitative estimate of drug-likeness (QED) is 0.735. The minimum absolute atomic E-state index is 0.0300. The molecule has 150 valence electrons. The molecule has 27 heavy (non-hydrogen) atoms. The second-order valence-corrected chi connectivity index (χ2v) is 8.84. The van der Waals surface area contributed by atoms with Gasteiger partial charge in [-0.15, -0.1) is 0 Å². The molecule has 3 N–H and O–H groups in total. The van der Waals surface area contributed by atoms with E-state index in [0.717, 1.165) is 18.4 Å². The number of likely N-dealkylation sites (N-methyl/N-ethyl adjacent to an activating group) is 1. The van der Waals surface area contributed by atoms with Crippen LogP contribution in [0.2, 0.25) is 0 Å². The second-order valence-electron chi connectivity index (χ2n) is 7.28. The molecule has 1 aromatic carbocycles. The van der Waals surface area contributed by atoms with Crippen molar-refractivity contribution in [1.29, 1.82) is 0 Å². The number of benzene rings is 1. The normalized spacial score (nSPS) is 16.6. The first-order valence-corrected chi connectivity index (χ1v) is 10.9. The van der Waals surface area contributed by atoms with Crippen LogP contribution in [0.15, 0.2) is 29.2 Å². The monoisotopic (exact) mass is 395 g/mol. The van der Waals surface area contributed by atoms with Crippen LogP contribution in [0, 0.1) is 5.92 Å². The standard InChI is InChI=1S/C19H29N3O4S/c1-14(16-8-10-17(11-9-16)27(20,25)26)22(2)19(24)13-21-18(23)12-15-6-4-3-5-7-15/h8-11,14-15H,3-7,12-13H2,1-2H3,(H,21,23)(H2,20,25,26). The first-order chi connectivity index (χ1) is 12.7. The van der Waals surface area contributed by atoms with Crippen molar-refractivity contribution in [3.05, 3.63) is 29.8 Å². The van der Waals surface area contributed by atoms with E-state index in [-0.39, 0.29) is 29.3 Å². The Kier molecular flexibility index (Phi) is 7.38. The molecule has 0 saturated heterocycles. The van der Waals surface area contributed by atoms with Crippen LogP contribution in [0.1, 0.15) is 57.1 Å². The van der Waals surface area contributed by atoms with Crippen molar-refractivity contribution in [2.24, 2.45) is 11.1 Å². The Hall–Kier alpha value is -1.93. The zero-order chi connectivity index (χ0) is 20.0. The van der Waals surface area contributed by atoms with Crippen molar-refractivity contribution in [2.45, 2.75) is 56.4 Å². The number of nitrogens with one attached hydrogen (secondary N) is 1. The van der Waals surface area contributed by atoms with Gasteiger partial charge in [0.2, 0.25) is 21.8 Å². The third-order valence-electron chi connectivity index (χ3n) is 5.30. The van der Waals surface area contributed by atoms with E-state index in [1.807, 2.05) is 6.92 Å². The molecule has 0 heterocycles. The van der Waals surface area contributed by atoms with Crippen LogP contribution in [-0.2, 0) is 19.6 Å². The molecule has 1 aliphatic rings. The minimum Gasteiger partial charge on any atom is -0.347 e. The van der Waals surface area contributed by atoms with Crippen LogP contribution < -0.4 is 10.5 Å². The maximum absolute atomic E-state index is 12.4. The number of nitrogens with zero attached hydrogens (tertiary/aromatic N) is 1. The molecule has 0 bridgehead atoms. The Labute approximate surface area is 161 Å². The Morgan fingerprint density at radius 1 is 1.19 bits per heavy atom. The SMILES string of the molecule is CC(c1ccc(S(N)(=O)=O)cc1)N(C)C(=O)CNC(=O)CC1CCCCC1. The van der Waals surface area contributed by atoms with E-state index >= 15 is 0 Å². The van der Waals surface area contributed by atoms with Crippen molar-refractivity contribution in [3.63, 3.8) is 0 Å². The summed E-state index contributed by atoms with van der Waals surface area (Å²) in [6.07, 6.45) is 6.28. The number of hydrogen-bond acceptors (Lipinski definition) is 4. The van der Waals surface area contributed by atoms with Crippen LogP contribution in [-0.4, -0.2) is 38.7 Å². The van der Waals surface area contributed by atoms with Gasteiger partial charge in [-0.05, 0) is 43.4 Å². The summed E-state index contributed by atoms with van der Waals surface area (Å²) < 4.78 is 22.6. The summed E-state index contributed by atoms with van der Waals surface area (Å²) in [4.78, 5) is 26.0. The highest BCUT2D eigenvalue weighted by Gasteiger charge is 2.20. The summed E-state index contributed by atoms with van der Waals surface area (Å²) in [6, 6.07) is 5.85. The second kappa shape index (κ2) is 9.32. The molecule has 2 rings (SSSR count). The predicted octanol–water partition coefficient (Wildman–Crippen LogP) is 1.94. The van der Waals surface area contributed by atoms with E-state index < -0.39 is 10.0 Å². The van der Waals surface area contributed by atoms with Gasteiger partial charge in [0.1, 0.15) is 0 Å². The summed E-state index contributed by atoms with van der Waals surface area (Å²) in [6.45, 7) is 1.80. The summed E-state index contributed by atoms with van der Waals surface area (Å²) in [7, 11) is -2.08. The molecule has 7 nitrogen and oxygen atoms in total. The highest BCUT2D eigenvalue weighted by molar-refractivity contribution is 7.89. The van der Waals surface area contributed by atoms with Crippen molar-refractivity contribution in [2.75, 3.05) is 13.6 Å². The van der Waals surface area contributed by atoms with Gasteiger partial charge in [0.25, 0.3) is 0 Å². The van der Waals surface area contributed by atoms with E-state index in [9.17, 15) is 18.0 Å². The molecule has 1 fully saturated rings. The number of nitrogens with two attached hydrogens (primary N) is 1. The number of carbonyl (C=O) groups excluding carboxylic acids is 2. The molecule has 0 aliphatic heterocycles. The molecule has 1 aliphatic carbocycles. The van der Waals surface area contributed by atoms with Crippen LogP contribution in [0.3, 0.4) is 0 Å². The number of amides is 2. The molecule has 1 aromatic rings. The van der Waals surface area contributed by atoms with Gasteiger partial charge in [-0.1, -0.05) is 31.4 Å². The Morgan fingerprint density at radius 2 is 1.78 bits per heavy atom. The number of primary sulfonamides is 1. The Balaban J connectivity index is 1.85. The van der Waals surface area contributed by atoms with Crippen molar-refractivity contribution < 1.29 is 18.0 Å². The first-order valence-electron chi connectivity index (χ1n) is 9.33. The average Bonchev–Trinajstić information content (AvgIpc) is 2.65. The van der Waals surface area contributed by atoms with Gasteiger partial charge in [-0.25, -0.2) is 13.6 Å². The summed E-state index contributed by atoms with van der Waals surface area (Å²) >= 11 is 0. The summed E-state index contributed by atoms with van der Waals surface area (Å²) in [5.74, 6) is 0.159. The third-order valence-corrected chi connectivity index (χ3v) is 6.23. The molecule has 8 heteroatoms. The van der Waals surface area contributed by atoms with E-state index in [1.54, 1.807) is 19.2 Å². The number of hydrogen-bond donors (Lipinski definition) is 2. The van der Waals surface area contributed by atoms with Gasteiger partial charge in [-0.2, -0.15) is 0 Å². The van der Waals surface area contributed by atoms with Gasteiger partial charge in [-0.3, -0.25) is 9.59 Å². The van der Waals surface area contributed by atoms with Gasteiger partial charge >= 0.3 is 0 Å². The fourth-order valence-electron chi connectivity index (χ4n) is 3.40. The van der Waals surface area contributed by atoms with E-state index in [2.05, 4.69) is 5.32 Å². The molecular weight excluding hydrogens is 366 g/mol. The molecule has 2 amide bonds. The van der Waals surface area contributed by atoms with E-state index in [4.69, 9.17) is 5.14 Å². The topological polar surface area (TPSA) is 110 Å². The van der Waals surface area contributed by atoms with E-state index in [1.165, 1.54) is 36.3 Å². The van der Waals surface area contributed by atoms with Crippen LogP contribution in [0.4, 0.5) is 0 Å². The summed E-state index contributed by atoms with van der Waals surface area (Å²) in [5, 5.41) is 7.81. The molecule has 0 radical (unpaired) electrons. The van der Waals surface area contributed by atoms with Gasteiger partial charge in [0, 0.05) is 13.5 Å². The third kappa shape index (κ3) is 6.32. The molecule has 1 atom stereocenters. The fourth-order valence-corrected chi connectivity index (χ4v) is 3.92. The maximum atomic E-state index is 12.4. The van der Waals surface area contributed by atoms with Gasteiger partial charge in [0.15, 0.2) is 0 Å². The summed E-state index contributed by atoms with van der Waals surface area (Å²) in [5.41, 5.74) is 0.784. The minimum atomic E-state index is -3.74. The van der Waals surface area contributed by atoms with Crippen LogP contribution in [0.25, 0.3) is 0 Å². The first kappa shape index (κ1) is 21.4. The largest absolute Gasteiger partial charge is 0.347 e.